The van der Waals surface area contributed by atoms with Crippen molar-refractivity contribution in [2.24, 2.45) is 17.8 Å². The Hall–Kier alpha value is -1.04. The largest absolute Gasteiger partial charge is 0.103 e. The summed E-state index contributed by atoms with van der Waals surface area (Å²) >= 11 is 0. The summed E-state index contributed by atoms with van der Waals surface area (Å²) in [6.07, 6.45) is 18.0. The van der Waals surface area contributed by atoms with Crippen LogP contribution >= 0.6 is 0 Å². The second-order valence-corrected chi connectivity index (χ2v) is 8.53. The number of hydrogen-bond donors (Lipinski definition) is 0. The van der Waals surface area contributed by atoms with Gasteiger partial charge in [0.2, 0.25) is 0 Å². The van der Waals surface area contributed by atoms with Crippen LogP contribution < -0.4 is 0 Å². The van der Waals surface area contributed by atoms with Gasteiger partial charge in [0, 0.05) is 0 Å². The van der Waals surface area contributed by atoms with Gasteiger partial charge in [0.1, 0.15) is 0 Å². The third kappa shape index (κ3) is 13.9. The maximum Gasteiger partial charge on any atom is -0.0134 e. The first-order valence-corrected chi connectivity index (χ1v) is 10.4. The predicted molar refractivity (Wildman–Crippen MR) is 117 cm³/mol. The van der Waals surface area contributed by atoms with Gasteiger partial charge in [-0.2, -0.15) is 0 Å². The van der Waals surface area contributed by atoms with Crippen molar-refractivity contribution >= 4 is 0 Å². The Kier molecular flexibility index (Phi) is 13.6. The summed E-state index contributed by atoms with van der Waals surface area (Å²) in [5, 5.41) is 0. The zero-order valence-electron chi connectivity index (χ0n) is 18.2. The molecule has 2 atom stereocenters. The van der Waals surface area contributed by atoms with E-state index < -0.39 is 0 Å². The van der Waals surface area contributed by atoms with Gasteiger partial charge in [-0.25, -0.2) is 0 Å². The number of allylic oxidation sites excluding steroid dienone is 7. The van der Waals surface area contributed by atoms with E-state index in [0.29, 0.717) is 11.8 Å². The normalized spacial score (nSPS) is 15.2. The van der Waals surface area contributed by atoms with Crippen LogP contribution in [0.1, 0.15) is 93.4 Å². The lowest BCUT2D eigenvalue weighted by atomic mass is 9.89. The highest BCUT2D eigenvalue weighted by Crippen LogP contribution is 2.25. The van der Waals surface area contributed by atoms with E-state index in [0.717, 1.165) is 18.8 Å². The van der Waals surface area contributed by atoms with Crippen molar-refractivity contribution in [3.8, 4) is 0 Å². The average Bonchev–Trinajstić information content (AvgIpc) is 2.53. The van der Waals surface area contributed by atoms with E-state index in [1.807, 2.05) is 0 Å². The van der Waals surface area contributed by atoms with Gasteiger partial charge in [0.05, 0.1) is 0 Å². The topological polar surface area (TPSA) is 0 Å². The van der Waals surface area contributed by atoms with E-state index in [1.54, 1.807) is 5.57 Å². The van der Waals surface area contributed by atoms with Gasteiger partial charge in [-0.1, -0.05) is 81.6 Å². The van der Waals surface area contributed by atoms with Crippen molar-refractivity contribution in [2.75, 3.05) is 0 Å². The molecule has 0 radical (unpaired) electrons. The molecule has 0 bridgehead atoms. The van der Waals surface area contributed by atoms with E-state index >= 15 is 0 Å². The van der Waals surface area contributed by atoms with Crippen molar-refractivity contribution in [2.45, 2.75) is 93.4 Å². The van der Waals surface area contributed by atoms with Crippen LogP contribution in [0, 0.1) is 17.8 Å². The Morgan fingerprint density at radius 1 is 0.920 bits per heavy atom. The van der Waals surface area contributed by atoms with Gasteiger partial charge in [0.15, 0.2) is 0 Å². The smallest absolute Gasteiger partial charge is 0.0134 e. The van der Waals surface area contributed by atoms with Crippen LogP contribution in [0.15, 0.2) is 47.6 Å². The molecule has 2 unspecified atom stereocenters. The molecule has 0 heteroatoms. The Morgan fingerprint density at radius 3 is 2.16 bits per heavy atom. The van der Waals surface area contributed by atoms with E-state index in [4.69, 9.17) is 0 Å². The molecule has 0 aliphatic carbocycles. The first-order valence-electron chi connectivity index (χ1n) is 10.4. The Bertz CT molecular complexity index is 441. The van der Waals surface area contributed by atoms with Crippen LogP contribution in [0.25, 0.3) is 0 Å². The summed E-state index contributed by atoms with van der Waals surface area (Å²) in [5.74, 6) is 2.08. The average molecular weight is 345 g/mol. The minimum Gasteiger partial charge on any atom is -0.103 e. The highest BCUT2D eigenvalue weighted by molar-refractivity contribution is 5.14. The lowest BCUT2D eigenvalue weighted by Gasteiger charge is -2.17. The summed E-state index contributed by atoms with van der Waals surface area (Å²) < 4.78 is 0. The van der Waals surface area contributed by atoms with Crippen LogP contribution in [0.5, 0.6) is 0 Å². The summed E-state index contributed by atoms with van der Waals surface area (Å²) in [6.45, 7) is 19.9. The molecule has 0 aromatic heterocycles. The summed E-state index contributed by atoms with van der Waals surface area (Å²) in [4.78, 5) is 0. The molecule has 144 valence electrons. The van der Waals surface area contributed by atoms with Crippen LogP contribution in [0.4, 0.5) is 0 Å². The molecule has 0 heterocycles. The Balaban J connectivity index is 4.76. The molecule has 0 saturated carbocycles. The molecular weight excluding hydrogens is 300 g/mol. The van der Waals surface area contributed by atoms with Crippen molar-refractivity contribution < 1.29 is 0 Å². The van der Waals surface area contributed by atoms with E-state index in [2.05, 4.69) is 79.3 Å². The molecule has 0 nitrogen and oxygen atoms in total. The predicted octanol–water partition coefficient (Wildman–Crippen LogP) is 8.67. The lowest BCUT2D eigenvalue weighted by molar-refractivity contribution is 0.487. The van der Waals surface area contributed by atoms with Crippen molar-refractivity contribution in [3.63, 3.8) is 0 Å². The molecule has 0 spiro atoms. The van der Waals surface area contributed by atoms with Crippen molar-refractivity contribution in [3.05, 3.63) is 47.6 Å². The van der Waals surface area contributed by atoms with Crippen LogP contribution in [-0.4, -0.2) is 0 Å². The highest BCUT2D eigenvalue weighted by atomic mass is 14.1. The van der Waals surface area contributed by atoms with Crippen LogP contribution in [0.3, 0.4) is 0 Å². The lowest BCUT2D eigenvalue weighted by Crippen LogP contribution is -2.02. The summed E-state index contributed by atoms with van der Waals surface area (Å²) in [6, 6.07) is 0. The number of hydrogen-bond acceptors (Lipinski definition) is 0. The summed E-state index contributed by atoms with van der Waals surface area (Å²) in [5.41, 5.74) is 4.57. The fourth-order valence-corrected chi connectivity index (χ4v) is 2.92. The van der Waals surface area contributed by atoms with Gasteiger partial charge in [-0.05, 0) is 70.6 Å². The zero-order valence-corrected chi connectivity index (χ0v) is 18.2. The second-order valence-electron chi connectivity index (χ2n) is 8.53. The molecule has 0 saturated heterocycles. The molecule has 0 fully saturated rings. The summed E-state index contributed by atoms with van der Waals surface area (Å²) in [7, 11) is 0. The molecular formula is C25H44. The minimum absolute atomic E-state index is 0.570. The number of rotatable bonds is 13. The Labute approximate surface area is 159 Å². The maximum atomic E-state index is 3.93. The fraction of sp³-hybridized carbons (Fsp3) is 0.680. The standard InChI is InChI=1S/C25H44/c1-9-22(6)16-18-25(24(8)15-11-13-21(4)5)19-17-23(7)14-10-12-20(2)3/h9,12,17-18,21-22,24H,1,10-11,13-16,19H2,2-8H3/b23-17-,25-18-. The van der Waals surface area contributed by atoms with E-state index in [-0.39, 0.29) is 0 Å². The fourth-order valence-electron chi connectivity index (χ4n) is 2.92. The van der Waals surface area contributed by atoms with Crippen LogP contribution in [0.2, 0.25) is 0 Å². The SMILES string of the molecule is C=CC(C)C/C=C(/C/C=C(/C)CCC=C(C)C)C(C)CCCC(C)C. The van der Waals surface area contributed by atoms with E-state index in [9.17, 15) is 0 Å². The second kappa shape index (κ2) is 14.2. The zero-order chi connectivity index (χ0) is 19.2. The van der Waals surface area contributed by atoms with Gasteiger partial charge < -0.3 is 0 Å². The first-order chi connectivity index (χ1) is 11.8. The molecule has 0 rings (SSSR count). The first kappa shape index (κ1) is 24.0. The Morgan fingerprint density at radius 2 is 1.60 bits per heavy atom. The molecule has 0 aromatic rings. The molecule has 25 heavy (non-hydrogen) atoms. The van der Waals surface area contributed by atoms with Gasteiger partial charge in [-0.3, -0.25) is 0 Å². The maximum absolute atomic E-state index is 3.93. The molecule has 0 N–H and O–H groups in total. The minimum atomic E-state index is 0.570. The molecule has 0 aliphatic rings. The highest BCUT2D eigenvalue weighted by Gasteiger charge is 2.09. The molecule has 0 aromatic carbocycles. The van der Waals surface area contributed by atoms with Crippen molar-refractivity contribution in [1.29, 1.82) is 0 Å². The van der Waals surface area contributed by atoms with Gasteiger partial charge in [0.25, 0.3) is 0 Å². The third-order valence-electron chi connectivity index (χ3n) is 4.98. The van der Waals surface area contributed by atoms with Gasteiger partial charge >= 0.3 is 0 Å². The quantitative estimate of drug-likeness (QED) is 0.293. The third-order valence-corrected chi connectivity index (χ3v) is 4.98. The molecule has 0 aliphatic heterocycles. The van der Waals surface area contributed by atoms with Crippen LogP contribution in [-0.2, 0) is 0 Å². The monoisotopic (exact) mass is 344 g/mol. The van der Waals surface area contributed by atoms with Crippen molar-refractivity contribution in [1.82, 2.24) is 0 Å². The van der Waals surface area contributed by atoms with Gasteiger partial charge in [-0.15, -0.1) is 6.58 Å². The van der Waals surface area contributed by atoms with E-state index in [1.165, 1.54) is 43.3 Å². The molecule has 0 amide bonds.